The van der Waals surface area contributed by atoms with Gasteiger partial charge in [-0.25, -0.2) is 4.98 Å². The van der Waals surface area contributed by atoms with Crippen LogP contribution in [0.4, 0.5) is 0 Å². The highest BCUT2D eigenvalue weighted by molar-refractivity contribution is 7.09. The molecule has 0 bridgehead atoms. The van der Waals surface area contributed by atoms with Gasteiger partial charge in [-0.2, -0.15) is 0 Å². The number of rotatable bonds is 2. The summed E-state index contributed by atoms with van der Waals surface area (Å²) in [7, 11) is 0. The molecule has 1 amide bonds. The van der Waals surface area contributed by atoms with E-state index in [-0.39, 0.29) is 5.91 Å². The minimum Gasteiger partial charge on any atom is -0.381 e. The summed E-state index contributed by atoms with van der Waals surface area (Å²) in [5.41, 5.74) is 0.604. The molecule has 0 unspecified atom stereocenters. The standard InChI is InChI=1S/C14H21N3O2S/c1-11-15-13(10-20-11)14(18)17-6-4-16(5-7-17)12-2-8-19-9-3-12/h10,12H,2-9H2,1H3. The van der Waals surface area contributed by atoms with Crippen LogP contribution in [0.5, 0.6) is 0 Å². The number of nitrogens with zero attached hydrogens (tertiary/aromatic N) is 3. The highest BCUT2D eigenvalue weighted by Gasteiger charge is 2.28. The van der Waals surface area contributed by atoms with Crippen molar-refractivity contribution >= 4 is 17.2 Å². The molecule has 2 saturated heterocycles. The van der Waals surface area contributed by atoms with Gasteiger partial charge in [-0.05, 0) is 19.8 Å². The van der Waals surface area contributed by atoms with Gasteiger partial charge in [0.1, 0.15) is 5.69 Å². The van der Waals surface area contributed by atoms with Crippen molar-refractivity contribution in [2.75, 3.05) is 39.4 Å². The minimum atomic E-state index is 0.0842. The first-order valence-electron chi connectivity index (χ1n) is 7.27. The van der Waals surface area contributed by atoms with Gasteiger partial charge in [0.25, 0.3) is 5.91 Å². The number of amides is 1. The molecule has 20 heavy (non-hydrogen) atoms. The summed E-state index contributed by atoms with van der Waals surface area (Å²) >= 11 is 1.54. The largest absolute Gasteiger partial charge is 0.381 e. The molecule has 110 valence electrons. The van der Waals surface area contributed by atoms with Crippen LogP contribution in [0.25, 0.3) is 0 Å². The van der Waals surface area contributed by atoms with Crippen molar-refractivity contribution in [1.29, 1.82) is 0 Å². The minimum absolute atomic E-state index is 0.0842. The average Bonchev–Trinajstić information content (AvgIpc) is 2.94. The highest BCUT2D eigenvalue weighted by atomic mass is 32.1. The second-order valence-electron chi connectivity index (χ2n) is 5.42. The van der Waals surface area contributed by atoms with Crippen LogP contribution in [-0.2, 0) is 4.74 Å². The van der Waals surface area contributed by atoms with Crippen molar-refractivity contribution < 1.29 is 9.53 Å². The topological polar surface area (TPSA) is 45.7 Å². The fourth-order valence-electron chi connectivity index (χ4n) is 2.96. The third kappa shape index (κ3) is 3.02. The monoisotopic (exact) mass is 295 g/mol. The summed E-state index contributed by atoms with van der Waals surface area (Å²) in [5, 5.41) is 2.82. The molecule has 0 aliphatic carbocycles. The number of aromatic nitrogens is 1. The van der Waals surface area contributed by atoms with Gasteiger partial charge in [-0.3, -0.25) is 9.69 Å². The van der Waals surface area contributed by atoms with E-state index in [9.17, 15) is 4.79 Å². The first-order chi connectivity index (χ1) is 9.74. The Hall–Kier alpha value is -0.980. The van der Waals surface area contributed by atoms with E-state index in [1.54, 1.807) is 0 Å². The molecule has 2 fully saturated rings. The average molecular weight is 295 g/mol. The van der Waals surface area contributed by atoms with Gasteiger partial charge in [0.15, 0.2) is 0 Å². The van der Waals surface area contributed by atoms with Crippen LogP contribution >= 0.6 is 11.3 Å². The molecule has 0 spiro atoms. The van der Waals surface area contributed by atoms with Crippen molar-refractivity contribution in [3.63, 3.8) is 0 Å². The third-order valence-electron chi connectivity index (χ3n) is 4.15. The predicted molar refractivity (Wildman–Crippen MR) is 78.2 cm³/mol. The number of ether oxygens (including phenoxy) is 1. The molecule has 2 aliphatic rings. The van der Waals surface area contributed by atoms with Gasteiger partial charge >= 0.3 is 0 Å². The molecule has 1 aromatic heterocycles. The van der Waals surface area contributed by atoms with Crippen LogP contribution in [-0.4, -0.2) is 66.1 Å². The van der Waals surface area contributed by atoms with Crippen molar-refractivity contribution in [3.8, 4) is 0 Å². The first-order valence-corrected chi connectivity index (χ1v) is 8.15. The second-order valence-corrected chi connectivity index (χ2v) is 6.49. The van der Waals surface area contributed by atoms with E-state index >= 15 is 0 Å². The Morgan fingerprint density at radius 2 is 2.00 bits per heavy atom. The fourth-order valence-corrected chi connectivity index (χ4v) is 3.55. The lowest BCUT2D eigenvalue weighted by molar-refractivity contribution is 0.0136. The van der Waals surface area contributed by atoms with Gasteiger partial charge in [0.2, 0.25) is 0 Å². The zero-order valence-corrected chi connectivity index (χ0v) is 12.7. The van der Waals surface area contributed by atoms with Crippen molar-refractivity contribution in [2.24, 2.45) is 0 Å². The molecule has 2 aliphatic heterocycles. The van der Waals surface area contributed by atoms with Gasteiger partial charge in [0, 0.05) is 50.8 Å². The number of carbonyl (C=O) groups excluding carboxylic acids is 1. The van der Waals surface area contributed by atoms with Crippen LogP contribution in [0.1, 0.15) is 28.3 Å². The molecule has 3 heterocycles. The van der Waals surface area contributed by atoms with Gasteiger partial charge in [0.05, 0.1) is 5.01 Å². The quantitative estimate of drug-likeness (QED) is 0.827. The molecule has 0 aromatic carbocycles. The Labute approximate surface area is 123 Å². The summed E-state index contributed by atoms with van der Waals surface area (Å²) in [6.07, 6.45) is 2.25. The van der Waals surface area contributed by atoms with Crippen LogP contribution in [0.15, 0.2) is 5.38 Å². The maximum Gasteiger partial charge on any atom is 0.273 e. The molecule has 6 heteroatoms. The summed E-state index contributed by atoms with van der Waals surface area (Å²) in [6.45, 7) is 7.26. The summed E-state index contributed by atoms with van der Waals surface area (Å²) in [5.74, 6) is 0.0842. The SMILES string of the molecule is Cc1nc(C(=O)N2CCN(C3CCOCC3)CC2)cs1. The predicted octanol–water partition coefficient (Wildman–Crippen LogP) is 1.39. The highest BCUT2D eigenvalue weighted by Crippen LogP contribution is 2.18. The molecular weight excluding hydrogens is 274 g/mol. The summed E-state index contributed by atoms with van der Waals surface area (Å²) in [6, 6.07) is 0.641. The van der Waals surface area contributed by atoms with E-state index in [1.807, 2.05) is 17.2 Å². The number of carbonyl (C=O) groups is 1. The number of hydrogen-bond acceptors (Lipinski definition) is 5. The van der Waals surface area contributed by atoms with E-state index in [4.69, 9.17) is 4.74 Å². The number of aryl methyl sites for hydroxylation is 1. The Balaban J connectivity index is 1.54. The van der Waals surface area contributed by atoms with Crippen LogP contribution in [0.3, 0.4) is 0 Å². The Bertz CT molecular complexity index is 463. The molecule has 0 radical (unpaired) electrons. The van der Waals surface area contributed by atoms with Crippen molar-refractivity contribution in [2.45, 2.75) is 25.8 Å². The Kier molecular flexibility index (Phi) is 4.33. The van der Waals surface area contributed by atoms with Gasteiger partial charge in [-0.15, -0.1) is 11.3 Å². The second kappa shape index (κ2) is 6.20. The lowest BCUT2D eigenvalue weighted by Crippen LogP contribution is -2.53. The van der Waals surface area contributed by atoms with E-state index in [1.165, 1.54) is 11.3 Å². The molecule has 0 N–H and O–H groups in total. The molecule has 5 nitrogen and oxygen atoms in total. The smallest absolute Gasteiger partial charge is 0.273 e. The van der Waals surface area contributed by atoms with E-state index in [2.05, 4.69) is 9.88 Å². The number of piperazine rings is 1. The molecule has 3 rings (SSSR count). The lowest BCUT2D eigenvalue weighted by Gasteiger charge is -2.40. The zero-order valence-electron chi connectivity index (χ0n) is 11.9. The maximum absolute atomic E-state index is 12.3. The first kappa shape index (κ1) is 14.0. The normalized spacial score (nSPS) is 22.1. The number of hydrogen-bond donors (Lipinski definition) is 0. The van der Waals surface area contributed by atoms with Gasteiger partial charge in [-0.1, -0.05) is 0 Å². The Morgan fingerprint density at radius 3 is 2.60 bits per heavy atom. The van der Waals surface area contributed by atoms with E-state index in [0.717, 1.165) is 57.2 Å². The molecule has 0 atom stereocenters. The Morgan fingerprint density at radius 1 is 1.30 bits per heavy atom. The molecule has 0 saturated carbocycles. The summed E-state index contributed by atoms with van der Waals surface area (Å²) in [4.78, 5) is 21.1. The third-order valence-corrected chi connectivity index (χ3v) is 4.92. The van der Waals surface area contributed by atoms with Crippen LogP contribution < -0.4 is 0 Å². The summed E-state index contributed by atoms with van der Waals surface area (Å²) < 4.78 is 5.41. The van der Waals surface area contributed by atoms with Crippen LogP contribution in [0, 0.1) is 6.92 Å². The maximum atomic E-state index is 12.3. The zero-order chi connectivity index (χ0) is 13.9. The fraction of sp³-hybridized carbons (Fsp3) is 0.714. The number of thiazole rings is 1. The molecule has 1 aromatic rings. The van der Waals surface area contributed by atoms with Gasteiger partial charge < -0.3 is 9.64 Å². The van der Waals surface area contributed by atoms with Crippen molar-refractivity contribution in [1.82, 2.24) is 14.8 Å². The van der Waals surface area contributed by atoms with E-state index in [0.29, 0.717) is 11.7 Å². The molecular formula is C14H21N3O2S. The van der Waals surface area contributed by atoms with Crippen molar-refractivity contribution in [3.05, 3.63) is 16.1 Å². The van der Waals surface area contributed by atoms with Crippen LogP contribution in [0.2, 0.25) is 0 Å². The van der Waals surface area contributed by atoms with E-state index < -0.39 is 0 Å². The lowest BCUT2D eigenvalue weighted by atomic mass is 10.1.